The molecule has 11 heteroatoms. The molecule has 1 aromatic carbocycles. The van der Waals surface area contributed by atoms with Gasteiger partial charge >= 0.3 is 0 Å². The monoisotopic (exact) mass is 497 g/mol. The normalized spacial score (nSPS) is 15.0. The average molecular weight is 498 g/mol. The highest BCUT2D eigenvalue weighted by atomic mass is 32.2. The van der Waals surface area contributed by atoms with Crippen LogP contribution in [-0.4, -0.2) is 46.2 Å². The average Bonchev–Trinajstić information content (AvgIpc) is 3.50. The Kier molecular flexibility index (Phi) is 6.48. The molecule has 3 aromatic heterocycles. The van der Waals surface area contributed by atoms with Crippen molar-refractivity contribution in [3.05, 3.63) is 60.3 Å². The molecule has 1 aliphatic rings. The van der Waals surface area contributed by atoms with Crippen LogP contribution in [0.25, 0.3) is 22.7 Å². The smallest absolute Gasteiger partial charge is 0.253 e. The number of benzene rings is 1. The van der Waals surface area contributed by atoms with Crippen LogP contribution in [0.1, 0.15) is 30.9 Å². The van der Waals surface area contributed by atoms with Gasteiger partial charge in [0, 0.05) is 24.8 Å². The summed E-state index contributed by atoms with van der Waals surface area (Å²) in [5, 5.41) is 13.2. The predicted octanol–water partition coefficient (Wildman–Crippen LogP) is 4.56. The lowest BCUT2D eigenvalue weighted by Gasteiger charge is -2.25. The Labute approximate surface area is 201 Å². The molecule has 1 aliphatic heterocycles. The van der Waals surface area contributed by atoms with Gasteiger partial charge in [0.2, 0.25) is 15.9 Å². The number of hydrogen-bond donors (Lipinski definition) is 0. The molecule has 0 aliphatic carbocycles. The first-order valence-electron chi connectivity index (χ1n) is 11.0. The number of hydrogen-bond acceptors (Lipinski definition) is 9. The SMILES string of the molecule is Cc1onc(-c2ccccc2)c1-c1nnc(CSc2ccc(S(=O)(=O)N3CCCCC3)cn2)o1. The third-order valence-corrected chi connectivity index (χ3v) is 8.41. The van der Waals surface area contributed by atoms with Gasteiger partial charge in [-0.15, -0.1) is 10.2 Å². The standard InChI is InChI=1S/C23H23N5O4S2/c1-16-21(22(27-32-16)17-8-4-2-5-9-17)23-26-25-19(31-23)15-33-20-11-10-18(14-24-20)34(29,30)28-12-6-3-7-13-28/h2,4-5,8-11,14H,3,6-7,12-13,15H2,1H3. The second-order valence-electron chi connectivity index (χ2n) is 7.91. The van der Waals surface area contributed by atoms with Crippen molar-refractivity contribution in [2.24, 2.45) is 0 Å². The van der Waals surface area contributed by atoms with Gasteiger partial charge in [0.1, 0.15) is 21.9 Å². The Morgan fingerprint density at radius 2 is 1.82 bits per heavy atom. The number of rotatable bonds is 7. The van der Waals surface area contributed by atoms with Crippen LogP contribution in [0.5, 0.6) is 0 Å². The maximum absolute atomic E-state index is 12.8. The Morgan fingerprint density at radius 1 is 1.03 bits per heavy atom. The van der Waals surface area contributed by atoms with E-state index in [1.165, 1.54) is 22.3 Å². The molecule has 0 amide bonds. The van der Waals surface area contributed by atoms with Crippen molar-refractivity contribution < 1.29 is 17.4 Å². The van der Waals surface area contributed by atoms with Gasteiger partial charge in [0.05, 0.1) is 10.8 Å². The van der Waals surface area contributed by atoms with E-state index in [9.17, 15) is 8.42 Å². The predicted molar refractivity (Wildman–Crippen MR) is 126 cm³/mol. The van der Waals surface area contributed by atoms with Crippen LogP contribution in [-0.2, 0) is 15.8 Å². The summed E-state index contributed by atoms with van der Waals surface area (Å²) in [5.41, 5.74) is 2.21. The molecule has 0 radical (unpaired) electrons. The molecular formula is C23H23N5O4S2. The van der Waals surface area contributed by atoms with Crippen molar-refractivity contribution in [1.82, 2.24) is 24.6 Å². The molecule has 9 nitrogen and oxygen atoms in total. The first kappa shape index (κ1) is 22.8. The van der Waals surface area contributed by atoms with Gasteiger partial charge in [-0.1, -0.05) is 53.7 Å². The van der Waals surface area contributed by atoms with Crippen LogP contribution in [0.2, 0.25) is 0 Å². The molecule has 0 bridgehead atoms. The maximum atomic E-state index is 12.8. The Bertz CT molecular complexity index is 1360. The van der Waals surface area contributed by atoms with Gasteiger partial charge in [0.15, 0.2) is 0 Å². The Hall–Kier alpha value is -3.02. The quantitative estimate of drug-likeness (QED) is 0.339. The third-order valence-electron chi connectivity index (χ3n) is 5.60. The summed E-state index contributed by atoms with van der Waals surface area (Å²) in [5.74, 6) is 1.74. The van der Waals surface area contributed by atoms with E-state index in [1.807, 2.05) is 30.3 Å². The minimum atomic E-state index is -3.49. The summed E-state index contributed by atoms with van der Waals surface area (Å²) in [6.07, 6.45) is 4.28. The van der Waals surface area contributed by atoms with E-state index in [1.54, 1.807) is 19.1 Å². The van der Waals surface area contributed by atoms with Crippen molar-refractivity contribution in [3.63, 3.8) is 0 Å². The minimum Gasteiger partial charge on any atom is -0.420 e. The molecule has 0 atom stereocenters. The highest BCUT2D eigenvalue weighted by molar-refractivity contribution is 7.98. The number of sulfonamides is 1. The van der Waals surface area contributed by atoms with Crippen molar-refractivity contribution in [2.45, 2.75) is 41.9 Å². The summed E-state index contributed by atoms with van der Waals surface area (Å²) in [6.45, 7) is 2.93. The largest absolute Gasteiger partial charge is 0.420 e. The van der Waals surface area contributed by atoms with Crippen molar-refractivity contribution >= 4 is 21.8 Å². The molecule has 0 saturated carbocycles. The van der Waals surface area contributed by atoms with E-state index in [0.717, 1.165) is 24.8 Å². The van der Waals surface area contributed by atoms with Crippen molar-refractivity contribution in [1.29, 1.82) is 0 Å². The number of aromatic nitrogens is 4. The highest BCUT2D eigenvalue weighted by Gasteiger charge is 2.26. The lowest BCUT2D eigenvalue weighted by atomic mass is 10.1. The fourth-order valence-corrected chi connectivity index (χ4v) is 5.97. The summed E-state index contributed by atoms with van der Waals surface area (Å²) >= 11 is 1.39. The molecule has 176 valence electrons. The number of piperidine rings is 1. The zero-order valence-corrected chi connectivity index (χ0v) is 20.2. The Balaban J connectivity index is 1.27. The van der Waals surface area contributed by atoms with Gasteiger partial charge in [-0.2, -0.15) is 4.31 Å². The molecule has 1 fully saturated rings. The lowest BCUT2D eigenvalue weighted by molar-refractivity contribution is 0.346. The Morgan fingerprint density at radius 3 is 2.56 bits per heavy atom. The molecule has 1 saturated heterocycles. The first-order chi connectivity index (χ1) is 16.5. The fourth-order valence-electron chi connectivity index (χ4n) is 3.82. The summed E-state index contributed by atoms with van der Waals surface area (Å²) < 4.78 is 38.4. The van der Waals surface area contributed by atoms with Gasteiger partial charge in [-0.3, -0.25) is 0 Å². The number of pyridine rings is 1. The van der Waals surface area contributed by atoms with Crippen molar-refractivity contribution in [3.8, 4) is 22.7 Å². The first-order valence-corrected chi connectivity index (χ1v) is 13.4. The van der Waals surface area contributed by atoms with Crippen molar-refractivity contribution in [2.75, 3.05) is 13.1 Å². The topological polar surface area (TPSA) is 115 Å². The van der Waals surface area contributed by atoms with E-state index < -0.39 is 10.0 Å². The summed E-state index contributed by atoms with van der Waals surface area (Å²) in [4.78, 5) is 4.54. The summed E-state index contributed by atoms with van der Waals surface area (Å²) in [6, 6.07) is 13.0. The second-order valence-corrected chi connectivity index (χ2v) is 10.8. The molecule has 5 rings (SSSR count). The highest BCUT2D eigenvalue weighted by Crippen LogP contribution is 2.34. The van der Waals surface area contributed by atoms with Crippen LogP contribution < -0.4 is 0 Å². The van der Waals surface area contributed by atoms with E-state index in [-0.39, 0.29) is 4.90 Å². The minimum absolute atomic E-state index is 0.218. The second kappa shape index (κ2) is 9.69. The molecule has 0 unspecified atom stereocenters. The molecule has 0 N–H and O–H groups in total. The van der Waals surface area contributed by atoms with E-state index in [2.05, 4.69) is 20.3 Å². The van der Waals surface area contributed by atoms with Gasteiger partial charge in [-0.05, 0) is 31.9 Å². The molecular weight excluding hydrogens is 474 g/mol. The third kappa shape index (κ3) is 4.63. The van der Waals surface area contributed by atoms with Crippen LogP contribution in [0.3, 0.4) is 0 Å². The lowest BCUT2D eigenvalue weighted by Crippen LogP contribution is -2.35. The zero-order chi connectivity index (χ0) is 23.5. The van der Waals surface area contributed by atoms with E-state index in [0.29, 0.717) is 52.7 Å². The number of nitrogens with zero attached hydrogens (tertiary/aromatic N) is 5. The summed E-state index contributed by atoms with van der Waals surface area (Å²) in [7, 11) is -3.49. The van der Waals surface area contributed by atoms with Crippen LogP contribution >= 0.6 is 11.8 Å². The number of thioether (sulfide) groups is 1. The van der Waals surface area contributed by atoms with E-state index in [4.69, 9.17) is 8.94 Å². The van der Waals surface area contributed by atoms with Gasteiger partial charge in [-0.25, -0.2) is 13.4 Å². The number of aryl methyl sites for hydroxylation is 1. The molecule has 4 heterocycles. The van der Waals surface area contributed by atoms with Gasteiger partial charge in [0.25, 0.3) is 5.89 Å². The molecule has 4 aromatic rings. The molecule has 0 spiro atoms. The van der Waals surface area contributed by atoms with E-state index >= 15 is 0 Å². The van der Waals surface area contributed by atoms with Crippen LogP contribution in [0, 0.1) is 6.92 Å². The molecule has 34 heavy (non-hydrogen) atoms. The van der Waals surface area contributed by atoms with Crippen LogP contribution in [0.15, 0.2) is 67.5 Å². The van der Waals surface area contributed by atoms with Gasteiger partial charge < -0.3 is 8.94 Å². The van der Waals surface area contributed by atoms with Crippen LogP contribution in [0.4, 0.5) is 0 Å². The fraction of sp³-hybridized carbons (Fsp3) is 0.304. The zero-order valence-electron chi connectivity index (χ0n) is 18.5. The maximum Gasteiger partial charge on any atom is 0.253 e.